The lowest BCUT2D eigenvalue weighted by Gasteiger charge is -2.11. The van der Waals surface area contributed by atoms with Crippen LogP contribution in [0.5, 0.6) is 5.88 Å². The third-order valence-corrected chi connectivity index (χ3v) is 5.98. The van der Waals surface area contributed by atoms with Crippen molar-refractivity contribution in [3.05, 3.63) is 33.0 Å². The molecule has 0 bridgehead atoms. The molecule has 0 unspecified atom stereocenters. The van der Waals surface area contributed by atoms with Crippen molar-refractivity contribution in [3.63, 3.8) is 0 Å². The lowest BCUT2D eigenvalue weighted by atomic mass is 10.1. The number of ether oxygens (including phenoxy) is 4. The van der Waals surface area contributed by atoms with Crippen molar-refractivity contribution in [2.45, 2.75) is 32.3 Å². The molecule has 1 aromatic heterocycles. The number of rotatable bonds is 8. The second kappa shape index (κ2) is 11.1. The first kappa shape index (κ1) is 25.2. The zero-order chi connectivity index (χ0) is 24.1. The first-order valence-corrected chi connectivity index (χ1v) is 11.0. The summed E-state index contributed by atoms with van der Waals surface area (Å²) >= 11 is 9.01. The molecule has 1 aliphatic carbocycles. The van der Waals surface area contributed by atoms with Gasteiger partial charge in [-0.25, -0.2) is 18.7 Å². The zero-order valence-electron chi connectivity index (χ0n) is 17.3. The van der Waals surface area contributed by atoms with Gasteiger partial charge >= 0.3 is 18.7 Å². The van der Waals surface area contributed by atoms with E-state index in [1.165, 1.54) is 7.05 Å². The van der Waals surface area contributed by atoms with Crippen molar-refractivity contribution in [3.8, 4) is 17.1 Å². The average molecular weight is 556 g/mol. The van der Waals surface area contributed by atoms with Gasteiger partial charge in [-0.15, -0.1) is 0 Å². The normalized spacial score (nSPS) is 13.9. The summed E-state index contributed by atoms with van der Waals surface area (Å²) < 4.78 is 59.6. The highest BCUT2D eigenvalue weighted by molar-refractivity contribution is 9.10. The van der Waals surface area contributed by atoms with Crippen LogP contribution in [0.3, 0.4) is 0 Å². The Morgan fingerprint density at radius 2 is 1.94 bits per heavy atom. The second-order valence-corrected chi connectivity index (χ2v) is 8.39. The minimum atomic E-state index is -3.13. The Morgan fingerprint density at radius 3 is 2.61 bits per heavy atom. The number of carbonyl (C=O) groups is 2. The maximum atomic E-state index is 14.6. The van der Waals surface area contributed by atoms with Crippen molar-refractivity contribution >= 4 is 39.7 Å². The van der Waals surface area contributed by atoms with Crippen LogP contribution in [-0.4, -0.2) is 41.9 Å². The third-order valence-electron chi connectivity index (χ3n) is 4.95. The fourth-order valence-corrected chi connectivity index (χ4v) is 4.24. The Morgan fingerprint density at radius 1 is 1.24 bits per heavy atom. The fraction of sp³-hybridized carbons (Fsp3) is 0.450. The molecule has 13 heteroatoms. The molecule has 0 spiro atoms. The van der Waals surface area contributed by atoms with Gasteiger partial charge in [-0.3, -0.25) is 0 Å². The van der Waals surface area contributed by atoms with Gasteiger partial charge in [-0.1, -0.05) is 24.4 Å². The molecule has 1 saturated carbocycles. The van der Waals surface area contributed by atoms with E-state index < -0.39 is 31.3 Å². The van der Waals surface area contributed by atoms with Gasteiger partial charge in [0.05, 0.1) is 17.2 Å². The Hall–Kier alpha value is -2.47. The maximum Gasteiger partial charge on any atom is 0.511 e. The zero-order valence-corrected chi connectivity index (χ0v) is 19.6. The molecule has 0 atom stereocenters. The van der Waals surface area contributed by atoms with Gasteiger partial charge in [-0.2, -0.15) is 13.9 Å². The van der Waals surface area contributed by atoms with Gasteiger partial charge in [0.25, 0.3) is 0 Å². The predicted octanol–water partition coefficient (Wildman–Crippen LogP) is 5.70. The molecule has 0 N–H and O–H groups in total. The number of halogens is 5. The van der Waals surface area contributed by atoms with E-state index in [4.69, 9.17) is 25.8 Å². The van der Waals surface area contributed by atoms with Crippen LogP contribution >= 0.6 is 27.5 Å². The summed E-state index contributed by atoms with van der Waals surface area (Å²) in [5.41, 5.74) is -0.595. The number of esters is 1. The van der Waals surface area contributed by atoms with Crippen molar-refractivity contribution in [1.29, 1.82) is 0 Å². The van der Waals surface area contributed by atoms with E-state index in [1.807, 2.05) is 0 Å². The van der Waals surface area contributed by atoms with Crippen LogP contribution < -0.4 is 4.74 Å². The summed E-state index contributed by atoms with van der Waals surface area (Å²) in [6.45, 7) is -3.64. The number of hydrogen-bond donors (Lipinski definition) is 0. The molecule has 0 radical (unpaired) electrons. The first-order chi connectivity index (χ1) is 15.7. The van der Waals surface area contributed by atoms with E-state index in [0.29, 0.717) is 5.92 Å². The monoisotopic (exact) mass is 554 g/mol. The van der Waals surface area contributed by atoms with Crippen LogP contribution in [0, 0.1) is 11.7 Å². The van der Waals surface area contributed by atoms with E-state index in [9.17, 15) is 22.8 Å². The van der Waals surface area contributed by atoms with Crippen LogP contribution in [-0.2, 0) is 21.3 Å². The Balaban J connectivity index is 1.67. The summed E-state index contributed by atoms with van der Waals surface area (Å²) in [4.78, 5) is 24.0. The van der Waals surface area contributed by atoms with Crippen LogP contribution in [0.15, 0.2) is 16.6 Å². The van der Waals surface area contributed by atoms with Crippen molar-refractivity contribution < 1.29 is 41.7 Å². The molecule has 0 saturated heterocycles. The number of carbonyl (C=O) groups excluding carboxylic acids is 2. The van der Waals surface area contributed by atoms with Crippen molar-refractivity contribution in [1.82, 2.24) is 9.78 Å². The molecule has 8 nitrogen and oxygen atoms in total. The average Bonchev–Trinajstić information content (AvgIpc) is 3.36. The molecule has 0 amide bonds. The third kappa shape index (κ3) is 6.32. The molecular weight excluding hydrogens is 537 g/mol. The second-order valence-electron chi connectivity index (χ2n) is 7.19. The summed E-state index contributed by atoms with van der Waals surface area (Å²) in [5, 5.41) is 3.68. The summed E-state index contributed by atoms with van der Waals surface area (Å²) in [7, 11) is 1.32. The standard InChI is InChI=1S/C20H19BrClF3N2O6/c1-27-17(33-19(24)25)15(21)16(26-27)12-6-11(13(22)7-14(12)23)18(28)31-9-32-20(29)30-8-10-4-2-3-5-10/h6-7,10,19H,2-5,8-9H2,1H3. The Bertz CT molecular complexity index is 1030. The quantitative estimate of drug-likeness (QED) is 0.305. The number of aryl methyl sites for hydroxylation is 1. The van der Waals surface area contributed by atoms with Crippen LogP contribution in [0.25, 0.3) is 11.3 Å². The highest BCUT2D eigenvalue weighted by Crippen LogP contribution is 2.38. The molecule has 180 valence electrons. The van der Waals surface area contributed by atoms with Crippen LogP contribution in [0.4, 0.5) is 18.0 Å². The Kier molecular flexibility index (Phi) is 8.46. The summed E-state index contributed by atoms with van der Waals surface area (Å²) in [5.74, 6) is -1.93. The lowest BCUT2D eigenvalue weighted by Crippen LogP contribution is -2.17. The van der Waals surface area contributed by atoms with Gasteiger partial charge in [0.15, 0.2) is 0 Å². The number of benzene rings is 1. The molecule has 1 heterocycles. The van der Waals surface area contributed by atoms with E-state index in [-0.39, 0.29) is 38.8 Å². The van der Waals surface area contributed by atoms with E-state index in [2.05, 4.69) is 25.8 Å². The molecule has 2 aromatic rings. The topological polar surface area (TPSA) is 88.9 Å². The van der Waals surface area contributed by atoms with Gasteiger partial charge in [0, 0.05) is 12.6 Å². The lowest BCUT2D eigenvalue weighted by molar-refractivity contribution is -0.0558. The van der Waals surface area contributed by atoms with Gasteiger partial charge in [-0.05, 0) is 46.8 Å². The smallest absolute Gasteiger partial charge is 0.434 e. The highest BCUT2D eigenvalue weighted by Gasteiger charge is 2.25. The minimum Gasteiger partial charge on any atom is -0.434 e. The highest BCUT2D eigenvalue weighted by atomic mass is 79.9. The SMILES string of the molecule is Cn1nc(-c2cc(C(=O)OCOC(=O)OCC3CCCC3)c(Cl)cc2F)c(Br)c1OC(F)F. The predicted molar refractivity (Wildman–Crippen MR) is 113 cm³/mol. The van der Waals surface area contributed by atoms with Gasteiger partial charge in [0.1, 0.15) is 16.0 Å². The molecule has 33 heavy (non-hydrogen) atoms. The number of aromatic nitrogens is 2. The van der Waals surface area contributed by atoms with Crippen molar-refractivity contribution in [2.75, 3.05) is 13.4 Å². The number of hydrogen-bond acceptors (Lipinski definition) is 7. The minimum absolute atomic E-state index is 0.0563. The van der Waals surface area contributed by atoms with Crippen LogP contribution in [0.2, 0.25) is 5.02 Å². The van der Waals surface area contributed by atoms with Crippen molar-refractivity contribution in [2.24, 2.45) is 13.0 Å². The van der Waals surface area contributed by atoms with Gasteiger partial charge in [0.2, 0.25) is 12.7 Å². The summed E-state index contributed by atoms with van der Waals surface area (Å²) in [6.07, 6.45) is 3.17. The Labute approximate surface area is 200 Å². The van der Waals surface area contributed by atoms with Gasteiger partial charge < -0.3 is 18.9 Å². The molecule has 3 rings (SSSR count). The molecule has 1 aromatic carbocycles. The molecule has 1 aliphatic rings. The van der Waals surface area contributed by atoms with E-state index in [0.717, 1.165) is 42.5 Å². The van der Waals surface area contributed by atoms with E-state index in [1.54, 1.807) is 0 Å². The molecule has 1 fully saturated rings. The number of nitrogens with zero attached hydrogens (tertiary/aromatic N) is 2. The molecule has 0 aliphatic heterocycles. The molecular formula is C20H19BrClF3N2O6. The number of alkyl halides is 2. The largest absolute Gasteiger partial charge is 0.511 e. The maximum absolute atomic E-state index is 14.6. The summed E-state index contributed by atoms with van der Waals surface area (Å²) in [6, 6.07) is 1.89. The fourth-order valence-electron chi connectivity index (χ4n) is 3.37. The first-order valence-electron chi connectivity index (χ1n) is 9.80. The van der Waals surface area contributed by atoms with E-state index >= 15 is 0 Å². The van der Waals surface area contributed by atoms with Crippen LogP contribution in [0.1, 0.15) is 36.0 Å².